The van der Waals surface area contributed by atoms with Gasteiger partial charge in [0.2, 0.25) is 5.91 Å². The Hall–Kier alpha value is -1.26. The number of carbonyl (C=O) groups excluding carboxylic acids is 1. The zero-order valence-electron chi connectivity index (χ0n) is 9.90. The molecule has 4 nitrogen and oxygen atoms in total. The number of hydrogen-bond donors (Lipinski definition) is 2. The molecule has 94 valence electrons. The Morgan fingerprint density at radius 1 is 1.47 bits per heavy atom. The molecule has 0 atom stereocenters. The molecule has 1 aromatic carbocycles. The van der Waals surface area contributed by atoms with Crippen molar-refractivity contribution in [3.05, 3.63) is 29.8 Å². The van der Waals surface area contributed by atoms with Gasteiger partial charge in [0.05, 0.1) is 6.54 Å². The van der Waals surface area contributed by atoms with E-state index in [1.54, 1.807) is 7.05 Å². The predicted molar refractivity (Wildman–Crippen MR) is 71.7 cm³/mol. The lowest BCUT2D eigenvalue weighted by atomic mass is 10.1. The van der Waals surface area contributed by atoms with Crippen LogP contribution in [-0.2, 0) is 11.3 Å². The smallest absolute Gasteiger partial charge is 0.239 e. The standard InChI is InChI=1S/C12H17N3O.ClH/c1-13-12(16)9-15-7-6-14-8-10-4-2-3-5-11(10)15;/h2-5,14H,6-9H2,1H3,(H,13,16);1H. The average Bonchev–Trinajstić information content (AvgIpc) is 2.52. The Bertz CT molecular complexity index is 384. The second-order valence-electron chi connectivity index (χ2n) is 3.90. The lowest BCUT2D eigenvalue weighted by Crippen LogP contribution is -2.37. The Labute approximate surface area is 108 Å². The molecular weight excluding hydrogens is 238 g/mol. The third-order valence-electron chi connectivity index (χ3n) is 2.82. The molecular formula is C12H18ClN3O. The van der Waals surface area contributed by atoms with Gasteiger partial charge in [0.15, 0.2) is 0 Å². The predicted octanol–water partition coefficient (Wildman–Crippen LogP) is 0.764. The summed E-state index contributed by atoms with van der Waals surface area (Å²) in [7, 11) is 1.67. The van der Waals surface area contributed by atoms with Crippen LogP contribution in [0.1, 0.15) is 5.56 Å². The van der Waals surface area contributed by atoms with Gasteiger partial charge in [-0.3, -0.25) is 4.79 Å². The summed E-state index contributed by atoms with van der Waals surface area (Å²) in [6, 6.07) is 8.22. The summed E-state index contributed by atoms with van der Waals surface area (Å²) in [6.07, 6.45) is 0. The zero-order valence-corrected chi connectivity index (χ0v) is 10.7. The summed E-state index contributed by atoms with van der Waals surface area (Å²) >= 11 is 0. The number of amides is 1. The topological polar surface area (TPSA) is 44.4 Å². The molecule has 0 unspecified atom stereocenters. The molecule has 5 heteroatoms. The maximum Gasteiger partial charge on any atom is 0.239 e. The van der Waals surface area contributed by atoms with Crippen LogP contribution in [0.5, 0.6) is 0 Å². The van der Waals surface area contributed by atoms with Crippen molar-refractivity contribution in [1.29, 1.82) is 0 Å². The molecule has 0 radical (unpaired) electrons. The van der Waals surface area contributed by atoms with Crippen molar-refractivity contribution < 1.29 is 4.79 Å². The number of nitrogens with one attached hydrogen (secondary N) is 2. The summed E-state index contributed by atoms with van der Waals surface area (Å²) in [5, 5.41) is 6.01. The second-order valence-corrected chi connectivity index (χ2v) is 3.90. The summed E-state index contributed by atoms with van der Waals surface area (Å²) in [5.41, 5.74) is 2.42. The number of likely N-dealkylation sites (N-methyl/N-ethyl adjacent to an activating group) is 1. The first-order chi connectivity index (χ1) is 7.81. The maximum atomic E-state index is 11.4. The van der Waals surface area contributed by atoms with Gasteiger partial charge < -0.3 is 15.5 Å². The minimum absolute atomic E-state index is 0. The van der Waals surface area contributed by atoms with Crippen molar-refractivity contribution in [2.75, 3.05) is 31.6 Å². The third kappa shape index (κ3) is 3.35. The summed E-state index contributed by atoms with van der Waals surface area (Å²) in [4.78, 5) is 13.5. The molecule has 1 aliphatic rings. The molecule has 0 fully saturated rings. The Morgan fingerprint density at radius 3 is 3.00 bits per heavy atom. The quantitative estimate of drug-likeness (QED) is 0.820. The fraction of sp³-hybridized carbons (Fsp3) is 0.417. The molecule has 2 N–H and O–H groups in total. The number of nitrogens with zero attached hydrogens (tertiary/aromatic N) is 1. The van der Waals surface area contributed by atoms with E-state index >= 15 is 0 Å². The van der Waals surface area contributed by atoms with E-state index in [0.717, 1.165) is 25.3 Å². The maximum absolute atomic E-state index is 11.4. The second kappa shape index (κ2) is 6.47. The van der Waals surface area contributed by atoms with Gasteiger partial charge in [0.1, 0.15) is 0 Å². The van der Waals surface area contributed by atoms with E-state index in [9.17, 15) is 4.79 Å². The van der Waals surface area contributed by atoms with E-state index in [2.05, 4.69) is 27.7 Å². The normalized spacial score (nSPS) is 14.3. The highest BCUT2D eigenvalue weighted by Crippen LogP contribution is 2.21. The van der Waals surface area contributed by atoms with Crippen LogP contribution >= 0.6 is 12.4 Å². The van der Waals surface area contributed by atoms with E-state index in [0.29, 0.717) is 6.54 Å². The molecule has 0 aliphatic carbocycles. The van der Waals surface area contributed by atoms with Crippen LogP contribution in [0, 0.1) is 0 Å². The van der Waals surface area contributed by atoms with Gasteiger partial charge in [-0.2, -0.15) is 0 Å². The summed E-state index contributed by atoms with van der Waals surface area (Å²) < 4.78 is 0. The SMILES string of the molecule is CNC(=O)CN1CCNCc2ccccc21.Cl. The van der Waals surface area contributed by atoms with Gasteiger partial charge in [0, 0.05) is 32.4 Å². The number of hydrogen-bond acceptors (Lipinski definition) is 3. The van der Waals surface area contributed by atoms with Gasteiger partial charge >= 0.3 is 0 Å². The fourth-order valence-corrected chi connectivity index (χ4v) is 1.94. The minimum atomic E-state index is 0. The minimum Gasteiger partial charge on any atom is -0.361 e. The number of halogens is 1. The van der Waals surface area contributed by atoms with E-state index in [1.165, 1.54) is 5.56 Å². The van der Waals surface area contributed by atoms with Crippen molar-refractivity contribution in [1.82, 2.24) is 10.6 Å². The van der Waals surface area contributed by atoms with Crippen LogP contribution in [0.3, 0.4) is 0 Å². The zero-order chi connectivity index (χ0) is 11.4. The Balaban J connectivity index is 0.00000144. The number of para-hydroxylation sites is 1. The molecule has 1 aliphatic heterocycles. The molecule has 0 saturated heterocycles. The molecule has 17 heavy (non-hydrogen) atoms. The number of fused-ring (bicyclic) bond motifs is 1. The number of benzene rings is 1. The largest absolute Gasteiger partial charge is 0.361 e. The Kier molecular flexibility index (Phi) is 5.25. The molecule has 2 rings (SSSR count). The van der Waals surface area contributed by atoms with E-state index in [4.69, 9.17) is 0 Å². The van der Waals surface area contributed by atoms with Crippen molar-refractivity contribution >= 4 is 24.0 Å². The molecule has 0 spiro atoms. The first-order valence-corrected chi connectivity index (χ1v) is 5.55. The Morgan fingerprint density at radius 2 is 2.24 bits per heavy atom. The van der Waals surface area contributed by atoms with Gasteiger partial charge in [0.25, 0.3) is 0 Å². The fourth-order valence-electron chi connectivity index (χ4n) is 1.94. The highest BCUT2D eigenvalue weighted by atomic mass is 35.5. The summed E-state index contributed by atoms with van der Waals surface area (Å²) in [5.74, 6) is 0.0525. The van der Waals surface area contributed by atoms with Gasteiger partial charge in [-0.15, -0.1) is 12.4 Å². The highest BCUT2D eigenvalue weighted by Gasteiger charge is 2.16. The van der Waals surface area contributed by atoms with Crippen molar-refractivity contribution in [3.63, 3.8) is 0 Å². The van der Waals surface area contributed by atoms with E-state index < -0.39 is 0 Å². The van der Waals surface area contributed by atoms with Crippen LogP contribution in [0.15, 0.2) is 24.3 Å². The molecule has 0 bridgehead atoms. The molecule has 1 aromatic rings. The first-order valence-electron chi connectivity index (χ1n) is 5.55. The van der Waals surface area contributed by atoms with Gasteiger partial charge in [-0.1, -0.05) is 18.2 Å². The first kappa shape index (κ1) is 13.8. The number of rotatable bonds is 2. The van der Waals surface area contributed by atoms with Crippen molar-refractivity contribution in [3.8, 4) is 0 Å². The summed E-state index contributed by atoms with van der Waals surface area (Å²) in [6.45, 7) is 3.08. The van der Waals surface area contributed by atoms with E-state index in [-0.39, 0.29) is 18.3 Å². The van der Waals surface area contributed by atoms with Gasteiger partial charge in [-0.05, 0) is 11.6 Å². The van der Waals surface area contributed by atoms with Crippen LogP contribution in [-0.4, -0.2) is 32.6 Å². The van der Waals surface area contributed by atoms with Crippen LogP contribution < -0.4 is 15.5 Å². The van der Waals surface area contributed by atoms with Gasteiger partial charge in [-0.25, -0.2) is 0 Å². The lowest BCUT2D eigenvalue weighted by Gasteiger charge is -2.23. The molecule has 1 amide bonds. The number of anilines is 1. The molecule has 0 saturated carbocycles. The lowest BCUT2D eigenvalue weighted by molar-refractivity contribution is -0.119. The van der Waals surface area contributed by atoms with Crippen molar-refractivity contribution in [2.45, 2.75) is 6.54 Å². The van der Waals surface area contributed by atoms with E-state index in [1.807, 2.05) is 12.1 Å². The van der Waals surface area contributed by atoms with Crippen LogP contribution in [0.25, 0.3) is 0 Å². The van der Waals surface area contributed by atoms with Crippen molar-refractivity contribution in [2.24, 2.45) is 0 Å². The number of carbonyl (C=O) groups is 1. The molecule has 0 aromatic heterocycles. The van der Waals surface area contributed by atoms with Crippen LogP contribution in [0.4, 0.5) is 5.69 Å². The third-order valence-corrected chi connectivity index (χ3v) is 2.82. The van der Waals surface area contributed by atoms with Crippen LogP contribution in [0.2, 0.25) is 0 Å². The molecule has 1 heterocycles. The highest BCUT2D eigenvalue weighted by molar-refractivity contribution is 5.85. The monoisotopic (exact) mass is 255 g/mol. The average molecular weight is 256 g/mol.